The molecule has 3 rings (SSSR count). The minimum atomic E-state index is -4.54. The molecule has 5 nitrogen and oxygen atoms in total. The van der Waals surface area contributed by atoms with Crippen LogP contribution in [0.25, 0.3) is 0 Å². The normalized spacial score (nSPS) is 28.4. The summed E-state index contributed by atoms with van der Waals surface area (Å²) in [6, 6.07) is 5.63. The van der Waals surface area contributed by atoms with E-state index in [0.29, 0.717) is 25.5 Å². The molecule has 1 N–H and O–H groups in total. The van der Waals surface area contributed by atoms with Crippen molar-refractivity contribution in [2.75, 3.05) is 25.1 Å². The van der Waals surface area contributed by atoms with Gasteiger partial charge in [0.25, 0.3) is 0 Å². The van der Waals surface area contributed by atoms with E-state index in [9.17, 15) is 17.2 Å². The third-order valence-electron chi connectivity index (χ3n) is 4.35. The number of rotatable bonds is 4. The molecule has 128 valence electrons. The van der Waals surface area contributed by atoms with Gasteiger partial charge in [0, 0.05) is 31.4 Å². The van der Waals surface area contributed by atoms with E-state index in [2.05, 4.69) is 5.32 Å². The Balaban J connectivity index is 1.66. The van der Waals surface area contributed by atoms with Gasteiger partial charge in [0.05, 0.1) is 17.1 Å². The Bertz CT molecular complexity index is 642. The van der Waals surface area contributed by atoms with Gasteiger partial charge in [-0.25, -0.2) is 8.42 Å². The zero-order valence-corrected chi connectivity index (χ0v) is 13.3. The molecule has 2 atom stereocenters. The predicted octanol–water partition coefficient (Wildman–Crippen LogP) is 2.43. The number of benzene rings is 1. The fourth-order valence-electron chi connectivity index (χ4n) is 3.09. The lowest BCUT2D eigenvalue weighted by Gasteiger charge is -2.37. The van der Waals surface area contributed by atoms with Crippen LogP contribution in [0.4, 0.5) is 14.5 Å². The van der Waals surface area contributed by atoms with Crippen LogP contribution in [-0.4, -0.2) is 45.6 Å². The van der Waals surface area contributed by atoms with Gasteiger partial charge in [-0.05, 0) is 37.1 Å². The van der Waals surface area contributed by atoms with Gasteiger partial charge in [-0.2, -0.15) is 8.78 Å². The summed E-state index contributed by atoms with van der Waals surface area (Å²) >= 11 is 0. The summed E-state index contributed by atoms with van der Waals surface area (Å²) in [5.41, 5.74) is 0.480. The number of hydrogen-bond donors (Lipinski definition) is 1. The van der Waals surface area contributed by atoms with Crippen LogP contribution in [0.15, 0.2) is 29.2 Å². The first-order valence-electron chi connectivity index (χ1n) is 7.52. The van der Waals surface area contributed by atoms with Crippen molar-refractivity contribution in [1.29, 1.82) is 0 Å². The average molecular weight is 347 g/mol. The molecular weight excluding hydrogens is 328 g/mol. The van der Waals surface area contributed by atoms with E-state index in [1.807, 2.05) is 0 Å². The molecule has 2 heterocycles. The standard InChI is InChI=1S/C15H19F2NO4S/c16-14(17)23(19,20)13-3-1-11(2-4-13)18-12-5-7-22-15(9-12)6-8-21-10-15/h1-4,12,14,18H,5-10H2/t12-,15+/m1/s1. The Hall–Kier alpha value is -1.25. The van der Waals surface area contributed by atoms with Crippen LogP contribution in [0.2, 0.25) is 0 Å². The monoisotopic (exact) mass is 347 g/mol. The number of anilines is 1. The van der Waals surface area contributed by atoms with Crippen molar-refractivity contribution in [3.8, 4) is 0 Å². The van der Waals surface area contributed by atoms with Crippen molar-refractivity contribution in [1.82, 2.24) is 0 Å². The lowest BCUT2D eigenvalue weighted by atomic mass is 9.89. The van der Waals surface area contributed by atoms with Crippen LogP contribution in [-0.2, 0) is 19.3 Å². The Kier molecular flexibility index (Phi) is 4.57. The van der Waals surface area contributed by atoms with Gasteiger partial charge >= 0.3 is 5.76 Å². The van der Waals surface area contributed by atoms with E-state index in [1.165, 1.54) is 24.3 Å². The molecule has 1 aromatic rings. The highest BCUT2D eigenvalue weighted by Crippen LogP contribution is 2.34. The Labute approximate surface area is 133 Å². The van der Waals surface area contributed by atoms with Gasteiger partial charge in [-0.1, -0.05) is 0 Å². The van der Waals surface area contributed by atoms with Crippen LogP contribution < -0.4 is 5.32 Å². The number of halogens is 2. The van der Waals surface area contributed by atoms with E-state index in [4.69, 9.17) is 9.47 Å². The molecule has 23 heavy (non-hydrogen) atoms. The first kappa shape index (κ1) is 16.6. The van der Waals surface area contributed by atoms with Crippen molar-refractivity contribution in [3.05, 3.63) is 24.3 Å². The maximum absolute atomic E-state index is 12.5. The summed E-state index contributed by atoms with van der Waals surface area (Å²) in [4.78, 5) is -0.370. The van der Waals surface area contributed by atoms with Gasteiger partial charge in [0.1, 0.15) is 0 Å². The average Bonchev–Trinajstić information content (AvgIpc) is 2.95. The molecule has 2 aliphatic rings. The lowest BCUT2D eigenvalue weighted by molar-refractivity contribution is -0.0828. The Morgan fingerprint density at radius 2 is 1.96 bits per heavy atom. The third kappa shape index (κ3) is 3.49. The summed E-state index contributed by atoms with van der Waals surface area (Å²) < 4.78 is 59.1. The highest BCUT2D eigenvalue weighted by molar-refractivity contribution is 7.91. The first-order valence-corrected chi connectivity index (χ1v) is 9.06. The summed E-state index contributed by atoms with van der Waals surface area (Å²) in [7, 11) is -4.54. The minimum Gasteiger partial charge on any atom is -0.382 e. The zero-order chi connectivity index (χ0) is 16.5. The summed E-state index contributed by atoms with van der Waals surface area (Å²) in [6.07, 6.45) is 2.51. The van der Waals surface area contributed by atoms with E-state index >= 15 is 0 Å². The number of alkyl halides is 2. The highest BCUT2D eigenvalue weighted by Gasteiger charge is 2.41. The minimum absolute atomic E-state index is 0.183. The molecule has 0 unspecified atom stereocenters. The second kappa shape index (κ2) is 6.33. The predicted molar refractivity (Wildman–Crippen MR) is 80.4 cm³/mol. The van der Waals surface area contributed by atoms with E-state index in [0.717, 1.165) is 19.3 Å². The Morgan fingerprint density at radius 3 is 2.57 bits per heavy atom. The second-order valence-corrected chi connectivity index (χ2v) is 7.92. The molecule has 0 bridgehead atoms. The number of nitrogens with one attached hydrogen (secondary N) is 1. The first-order chi connectivity index (χ1) is 10.9. The third-order valence-corrected chi connectivity index (χ3v) is 5.75. The molecule has 0 aliphatic carbocycles. The summed E-state index contributed by atoms with van der Waals surface area (Å²) in [5, 5.41) is 3.32. The Morgan fingerprint density at radius 1 is 1.22 bits per heavy atom. The van der Waals surface area contributed by atoms with Crippen LogP contribution in [0.3, 0.4) is 0 Å². The van der Waals surface area contributed by atoms with Crippen molar-refractivity contribution >= 4 is 15.5 Å². The molecule has 2 fully saturated rings. The van der Waals surface area contributed by atoms with Crippen LogP contribution in [0.5, 0.6) is 0 Å². The molecule has 0 amide bonds. The second-order valence-electron chi connectivity index (χ2n) is 6.00. The fourth-order valence-corrected chi connectivity index (χ4v) is 3.81. The molecule has 2 aliphatic heterocycles. The van der Waals surface area contributed by atoms with Crippen molar-refractivity contribution in [2.24, 2.45) is 0 Å². The van der Waals surface area contributed by atoms with Crippen molar-refractivity contribution in [2.45, 2.75) is 41.6 Å². The topological polar surface area (TPSA) is 64.6 Å². The molecule has 0 saturated carbocycles. The van der Waals surface area contributed by atoms with E-state index < -0.39 is 15.6 Å². The molecule has 2 saturated heterocycles. The molecule has 1 spiro atoms. The summed E-state index contributed by atoms with van der Waals surface area (Å²) in [6.45, 7) is 1.93. The van der Waals surface area contributed by atoms with Gasteiger partial charge in [-0.15, -0.1) is 0 Å². The smallest absolute Gasteiger partial charge is 0.341 e. The molecule has 0 aromatic heterocycles. The van der Waals surface area contributed by atoms with Gasteiger partial charge in [0.2, 0.25) is 9.84 Å². The molecule has 1 aromatic carbocycles. The number of sulfone groups is 1. The van der Waals surface area contributed by atoms with Crippen LogP contribution >= 0.6 is 0 Å². The molecular formula is C15H19F2NO4S. The van der Waals surface area contributed by atoms with Crippen LogP contribution in [0.1, 0.15) is 19.3 Å². The molecule has 0 radical (unpaired) electrons. The number of hydrogen-bond acceptors (Lipinski definition) is 5. The zero-order valence-electron chi connectivity index (χ0n) is 12.5. The molecule has 8 heteroatoms. The van der Waals surface area contributed by atoms with Gasteiger partial charge < -0.3 is 14.8 Å². The van der Waals surface area contributed by atoms with Crippen LogP contribution in [0, 0.1) is 0 Å². The van der Waals surface area contributed by atoms with Crippen molar-refractivity contribution < 1.29 is 26.7 Å². The van der Waals surface area contributed by atoms with E-state index in [-0.39, 0.29) is 16.5 Å². The largest absolute Gasteiger partial charge is 0.382 e. The SMILES string of the molecule is O=S(=O)(c1ccc(N[C@@H]2CCO[C@@]3(CCOC3)C2)cc1)C(F)F. The maximum Gasteiger partial charge on any atom is 0.341 e. The van der Waals surface area contributed by atoms with E-state index in [1.54, 1.807) is 0 Å². The number of ether oxygens (including phenoxy) is 2. The quantitative estimate of drug-likeness (QED) is 0.906. The van der Waals surface area contributed by atoms with Gasteiger partial charge in [0.15, 0.2) is 0 Å². The van der Waals surface area contributed by atoms with Gasteiger partial charge in [-0.3, -0.25) is 0 Å². The maximum atomic E-state index is 12.5. The lowest BCUT2D eigenvalue weighted by Crippen LogP contribution is -2.44. The van der Waals surface area contributed by atoms with Crippen molar-refractivity contribution in [3.63, 3.8) is 0 Å². The fraction of sp³-hybridized carbons (Fsp3) is 0.600. The summed E-state index contributed by atoms with van der Waals surface area (Å²) in [5.74, 6) is -3.40. The highest BCUT2D eigenvalue weighted by atomic mass is 32.2.